The average molecular weight is 217 g/mol. The van der Waals surface area contributed by atoms with E-state index in [0.717, 1.165) is 0 Å². The summed E-state index contributed by atoms with van der Waals surface area (Å²) >= 11 is 0. The second-order valence-corrected chi connectivity index (χ2v) is 3.02. The normalized spacial score (nSPS) is 8.75. The molecule has 16 heavy (non-hydrogen) atoms. The number of carboxylic acid groups (broad SMARTS) is 1. The number of benzene rings is 1. The fraction of sp³-hybridized carbons (Fsp3) is 0.167. The Labute approximate surface area is 92.1 Å². The molecule has 0 aromatic heterocycles. The number of halogens is 1. The predicted molar refractivity (Wildman–Crippen MR) is 54.8 cm³/mol. The van der Waals surface area contributed by atoms with E-state index in [1.54, 1.807) is 0 Å². The van der Waals surface area contributed by atoms with Crippen LogP contribution in [-0.4, -0.2) is 11.1 Å². The Morgan fingerprint density at radius 3 is 2.88 bits per heavy atom. The molecule has 0 saturated heterocycles. The summed E-state index contributed by atoms with van der Waals surface area (Å²) in [5, 5.41) is 16.8. The zero-order valence-corrected chi connectivity index (χ0v) is 8.33. The molecule has 0 aliphatic rings. The first-order valence-corrected chi connectivity index (χ1v) is 4.49. The lowest BCUT2D eigenvalue weighted by atomic mass is 10.1. The van der Waals surface area contributed by atoms with Gasteiger partial charge in [0.15, 0.2) is 0 Å². The number of hydrogen-bond donors (Lipinski definition) is 1. The predicted octanol–water partition coefficient (Wildman–Crippen LogP) is 1.72. The number of carbonyl (C=O) groups is 1. The molecular formula is C12H8FNO2. The van der Waals surface area contributed by atoms with Crippen molar-refractivity contribution in [2.75, 3.05) is 0 Å². The van der Waals surface area contributed by atoms with Crippen molar-refractivity contribution >= 4 is 5.97 Å². The van der Waals surface area contributed by atoms with Gasteiger partial charge in [0.05, 0.1) is 24.5 Å². The van der Waals surface area contributed by atoms with E-state index in [2.05, 4.69) is 11.8 Å². The molecule has 1 N–H and O–H groups in total. The maximum absolute atomic E-state index is 13.2. The summed E-state index contributed by atoms with van der Waals surface area (Å²) in [7, 11) is 0. The SMILES string of the molecule is N#CCC#Cc1cc(CC(=O)O)ccc1F. The van der Waals surface area contributed by atoms with Crippen LogP contribution in [0, 0.1) is 29.0 Å². The van der Waals surface area contributed by atoms with E-state index in [0.29, 0.717) is 5.56 Å². The van der Waals surface area contributed by atoms with Crippen LogP contribution in [0.5, 0.6) is 0 Å². The Morgan fingerprint density at radius 1 is 1.50 bits per heavy atom. The van der Waals surface area contributed by atoms with Crippen molar-refractivity contribution in [2.45, 2.75) is 12.8 Å². The molecule has 0 spiro atoms. The van der Waals surface area contributed by atoms with Gasteiger partial charge in [0.25, 0.3) is 0 Å². The van der Waals surface area contributed by atoms with Crippen LogP contribution in [0.15, 0.2) is 18.2 Å². The number of rotatable bonds is 2. The maximum Gasteiger partial charge on any atom is 0.307 e. The smallest absolute Gasteiger partial charge is 0.307 e. The average Bonchev–Trinajstić information content (AvgIpc) is 2.22. The lowest BCUT2D eigenvalue weighted by molar-refractivity contribution is -0.136. The highest BCUT2D eigenvalue weighted by Gasteiger charge is 2.04. The van der Waals surface area contributed by atoms with Crippen molar-refractivity contribution in [1.82, 2.24) is 0 Å². The molecular weight excluding hydrogens is 209 g/mol. The summed E-state index contributed by atoms with van der Waals surface area (Å²) in [5.74, 6) is 3.46. The maximum atomic E-state index is 13.2. The van der Waals surface area contributed by atoms with Gasteiger partial charge >= 0.3 is 5.97 Å². The third-order valence-corrected chi connectivity index (χ3v) is 1.78. The van der Waals surface area contributed by atoms with Crippen molar-refractivity contribution in [3.8, 4) is 17.9 Å². The molecule has 3 nitrogen and oxygen atoms in total. The zero-order chi connectivity index (χ0) is 12.0. The molecule has 0 radical (unpaired) electrons. The monoisotopic (exact) mass is 217 g/mol. The molecule has 0 aliphatic carbocycles. The minimum absolute atomic E-state index is 0.0165. The third kappa shape index (κ3) is 3.43. The largest absolute Gasteiger partial charge is 0.481 e. The molecule has 0 atom stereocenters. The number of nitrogens with zero attached hydrogens (tertiary/aromatic N) is 1. The molecule has 1 aromatic rings. The summed E-state index contributed by atoms with van der Waals surface area (Å²) < 4.78 is 13.2. The van der Waals surface area contributed by atoms with Crippen LogP contribution < -0.4 is 0 Å². The molecule has 1 rings (SSSR count). The summed E-state index contributed by atoms with van der Waals surface area (Å²) in [6, 6.07) is 5.77. The van der Waals surface area contributed by atoms with Gasteiger partial charge in [-0.1, -0.05) is 17.9 Å². The van der Waals surface area contributed by atoms with Gasteiger partial charge in [-0.3, -0.25) is 4.79 Å². The topological polar surface area (TPSA) is 61.1 Å². The molecule has 0 aliphatic heterocycles. The van der Waals surface area contributed by atoms with Gasteiger partial charge < -0.3 is 5.11 Å². The van der Waals surface area contributed by atoms with Crippen molar-refractivity contribution in [1.29, 1.82) is 5.26 Å². The van der Waals surface area contributed by atoms with Gasteiger partial charge in [0.2, 0.25) is 0 Å². The Morgan fingerprint density at radius 2 is 2.25 bits per heavy atom. The Balaban J connectivity index is 2.97. The minimum atomic E-state index is -0.984. The Kier molecular flexibility index (Phi) is 4.06. The van der Waals surface area contributed by atoms with Gasteiger partial charge in [-0.2, -0.15) is 5.26 Å². The van der Waals surface area contributed by atoms with Gasteiger partial charge in [-0.15, -0.1) is 0 Å². The van der Waals surface area contributed by atoms with Crippen LogP contribution in [0.25, 0.3) is 0 Å². The van der Waals surface area contributed by atoms with E-state index in [1.165, 1.54) is 18.2 Å². The molecule has 0 saturated carbocycles. The molecule has 1 aromatic carbocycles. The molecule has 0 fully saturated rings. The lowest BCUT2D eigenvalue weighted by Crippen LogP contribution is -2.00. The molecule has 0 amide bonds. The van der Waals surface area contributed by atoms with E-state index in [4.69, 9.17) is 10.4 Å². The first kappa shape index (κ1) is 11.7. The van der Waals surface area contributed by atoms with Gasteiger partial charge in [-0.25, -0.2) is 4.39 Å². The van der Waals surface area contributed by atoms with E-state index in [9.17, 15) is 9.18 Å². The van der Waals surface area contributed by atoms with Crippen molar-refractivity contribution in [3.05, 3.63) is 35.1 Å². The van der Waals surface area contributed by atoms with Crippen LogP contribution in [0.2, 0.25) is 0 Å². The second kappa shape index (κ2) is 5.53. The highest BCUT2D eigenvalue weighted by molar-refractivity contribution is 5.70. The molecule has 4 heteroatoms. The number of aliphatic carboxylic acids is 1. The van der Waals surface area contributed by atoms with Crippen molar-refractivity contribution in [2.24, 2.45) is 0 Å². The second-order valence-electron chi connectivity index (χ2n) is 3.02. The van der Waals surface area contributed by atoms with Crippen LogP contribution >= 0.6 is 0 Å². The van der Waals surface area contributed by atoms with E-state index in [1.807, 2.05) is 6.07 Å². The van der Waals surface area contributed by atoms with Gasteiger partial charge in [0, 0.05) is 0 Å². The fourth-order valence-corrected chi connectivity index (χ4v) is 1.13. The summed E-state index contributed by atoms with van der Waals surface area (Å²) in [5.41, 5.74) is 0.601. The van der Waals surface area contributed by atoms with Crippen LogP contribution in [0.4, 0.5) is 4.39 Å². The van der Waals surface area contributed by atoms with E-state index in [-0.39, 0.29) is 18.4 Å². The van der Waals surface area contributed by atoms with Gasteiger partial charge in [-0.05, 0) is 17.7 Å². The number of nitriles is 1. The summed E-state index contributed by atoms with van der Waals surface area (Å²) in [6.07, 6.45) is -0.157. The summed E-state index contributed by atoms with van der Waals surface area (Å²) in [6.45, 7) is 0. The molecule has 0 unspecified atom stereocenters. The number of hydrogen-bond acceptors (Lipinski definition) is 2. The van der Waals surface area contributed by atoms with Crippen molar-refractivity contribution in [3.63, 3.8) is 0 Å². The Hall–Kier alpha value is -2.33. The minimum Gasteiger partial charge on any atom is -0.481 e. The quantitative estimate of drug-likeness (QED) is 0.767. The summed E-state index contributed by atoms with van der Waals surface area (Å²) in [4.78, 5) is 10.5. The zero-order valence-electron chi connectivity index (χ0n) is 8.33. The standard InChI is InChI=1S/C12H8FNO2/c13-11-5-4-9(8-12(15)16)7-10(11)3-1-2-6-14/h4-5,7H,2,8H2,(H,15,16). The highest BCUT2D eigenvalue weighted by atomic mass is 19.1. The van der Waals surface area contributed by atoms with E-state index >= 15 is 0 Å². The Bertz CT molecular complexity index is 506. The van der Waals surface area contributed by atoms with Crippen LogP contribution in [0.3, 0.4) is 0 Å². The van der Waals surface area contributed by atoms with Crippen LogP contribution in [0.1, 0.15) is 17.5 Å². The first-order valence-electron chi connectivity index (χ1n) is 4.49. The molecule has 0 bridgehead atoms. The van der Waals surface area contributed by atoms with E-state index < -0.39 is 11.8 Å². The number of carboxylic acids is 1. The molecule has 80 valence electrons. The third-order valence-electron chi connectivity index (χ3n) is 1.78. The first-order chi connectivity index (χ1) is 7.63. The fourth-order valence-electron chi connectivity index (χ4n) is 1.13. The van der Waals surface area contributed by atoms with Crippen LogP contribution in [-0.2, 0) is 11.2 Å². The lowest BCUT2D eigenvalue weighted by Gasteiger charge is -1.99. The van der Waals surface area contributed by atoms with Crippen molar-refractivity contribution < 1.29 is 14.3 Å². The molecule has 0 heterocycles. The van der Waals surface area contributed by atoms with Gasteiger partial charge in [0.1, 0.15) is 5.82 Å². The highest BCUT2D eigenvalue weighted by Crippen LogP contribution is 2.10.